The minimum absolute atomic E-state index is 0.0476. The summed E-state index contributed by atoms with van der Waals surface area (Å²) >= 11 is 0. The van der Waals surface area contributed by atoms with E-state index in [1.807, 2.05) is 0 Å². The van der Waals surface area contributed by atoms with E-state index in [0.29, 0.717) is 28.0 Å². The van der Waals surface area contributed by atoms with Gasteiger partial charge in [0.05, 0.1) is 24.4 Å². The summed E-state index contributed by atoms with van der Waals surface area (Å²) in [6, 6.07) is 7.44. The molecule has 0 saturated heterocycles. The zero-order valence-corrected chi connectivity index (χ0v) is 20.5. The van der Waals surface area contributed by atoms with Crippen LogP contribution < -0.4 is 27.4 Å². The minimum atomic E-state index is -4.57. The molecule has 0 saturated carbocycles. The fourth-order valence-electron chi connectivity index (χ4n) is 3.99. The Labute approximate surface area is 219 Å². The number of nitrogens with zero attached hydrogens (tertiary/aromatic N) is 4. The lowest BCUT2D eigenvalue weighted by Crippen LogP contribution is -2.29. The highest BCUT2D eigenvalue weighted by molar-refractivity contribution is 5.99. The maximum atomic E-state index is 12.9. The summed E-state index contributed by atoms with van der Waals surface area (Å²) in [5.74, 6) is -0.556. The number of hydrogen-bond donors (Lipinski definition) is 5. The van der Waals surface area contributed by atoms with Gasteiger partial charge in [0.25, 0.3) is 0 Å². The molecule has 0 atom stereocenters. The molecule has 4 aromatic rings. The molecular weight excluding hydrogens is 519 g/mol. The molecule has 1 aromatic carbocycles. The van der Waals surface area contributed by atoms with Gasteiger partial charge in [0.2, 0.25) is 5.91 Å². The summed E-state index contributed by atoms with van der Waals surface area (Å²) in [5, 5.41) is 12.1. The van der Waals surface area contributed by atoms with Crippen LogP contribution in [0.25, 0.3) is 16.6 Å². The second-order valence-electron chi connectivity index (χ2n) is 8.29. The molecule has 7 N–H and O–H groups in total. The van der Waals surface area contributed by atoms with Crippen molar-refractivity contribution in [3.8, 4) is 11.1 Å². The molecule has 0 aliphatic rings. The maximum Gasteiger partial charge on any atom is 0.416 e. The number of anilines is 3. The molecule has 3 heterocycles. The Hall–Kier alpha value is -4.76. The van der Waals surface area contributed by atoms with Crippen LogP contribution in [0.5, 0.6) is 0 Å². The van der Waals surface area contributed by atoms with Crippen molar-refractivity contribution >= 4 is 34.8 Å². The first-order valence-electron chi connectivity index (χ1n) is 11.4. The van der Waals surface area contributed by atoms with Gasteiger partial charge in [-0.2, -0.15) is 18.3 Å². The highest BCUT2D eigenvalue weighted by Crippen LogP contribution is 2.36. The number of amides is 3. The maximum absolute atomic E-state index is 12.9. The van der Waals surface area contributed by atoms with Gasteiger partial charge in [-0.1, -0.05) is 12.1 Å². The number of nitrogens with one attached hydrogen (secondary N) is 3. The lowest BCUT2D eigenvalue weighted by molar-refractivity contribution is -0.137. The monoisotopic (exact) mass is 543 g/mol. The molecule has 3 amide bonds. The third kappa shape index (κ3) is 6.22. The van der Waals surface area contributed by atoms with Gasteiger partial charge in [-0.25, -0.2) is 19.3 Å². The first-order valence-corrected chi connectivity index (χ1v) is 11.4. The molecule has 39 heavy (non-hydrogen) atoms. The Morgan fingerprint density at radius 3 is 2.51 bits per heavy atom. The fraction of sp³-hybridized carbons (Fsp3) is 0.208. The molecule has 204 valence electrons. The highest BCUT2D eigenvalue weighted by Gasteiger charge is 2.31. The van der Waals surface area contributed by atoms with E-state index >= 15 is 0 Å². The summed E-state index contributed by atoms with van der Waals surface area (Å²) < 4.78 is 45.8. The SMILES string of the molecule is COCc1c(-c2ccc(NC(=O)Nc3cc(C(F)(F)F)ccn3)cc2)c2c(N)ncnn2c1CNCC(N)=O. The van der Waals surface area contributed by atoms with E-state index < -0.39 is 23.7 Å². The summed E-state index contributed by atoms with van der Waals surface area (Å²) in [6.45, 7) is 0.384. The van der Waals surface area contributed by atoms with Crippen molar-refractivity contribution in [2.24, 2.45) is 5.73 Å². The Balaban J connectivity index is 1.61. The lowest BCUT2D eigenvalue weighted by Gasteiger charge is -2.11. The number of carbonyl (C=O) groups excluding carboxylic acids is 2. The Bertz CT molecular complexity index is 1500. The summed E-state index contributed by atoms with van der Waals surface area (Å²) in [7, 11) is 1.53. The van der Waals surface area contributed by atoms with Crippen molar-refractivity contribution in [3.05, 3.63) is 65.7 Å². The molecule has 0 aliphatic carbocycles. The van der Waals surface area contributed by atoms with Gasteiger partial charge >= 0.3 is 12.2 Å². The number of alkyl halides is 3. The number of halogens is 3. The van der Waals surface area contributed by atoms with Crippen LogP contribution in [0.2, 0.25) is 0 Å². The molecule has 0 fully saturated rings. The number of hydrogen-bond acceptors (Lipinski definition) is 8. The van der Waals surface area contributed by atoms with Crippen molar-refractivity contribution in [3.63, 3.8) is 0 Å². The van der Waals surface area contributed by atoms with Crippen molar-refractivity contribution in [1.82, 2.24) is 24.9 Å². The normalized spacial score (nSPS) is 11.5. The Morgan fingerprint density at radius 1 is 1.10 bits per heavy atom. The Morgan fingerprint density at radius 2 is 1.85 bits per heavy atom. The molecule has 3 aromatic heterocycles. The van der Waals surface area contributed by atoms with Gasteiger partial charge in [0.15, 0.2) is 5.82 Å². The number of nitrogens with two attached hydrogens (primary N) is 2. The molecule has 0 spiro atoms. The van der Waals surface area contributed by atoms with Gasteiger partial charge in [0.1, 0.15) is 17.7 Å². The van der Waals surface area contributed by atoms with Crippen molar-refractivity contribution in [1.29, 1.82) is 0 Å². The molecule has 0 aliphatic heterocycles. The first-order chi connectivity index (χ1) is 18.6. The number of pyridine rings is 1. The zero-order chi connectivity index (χ0) is 28.2. The van der Waals surface area contributed by atoms with E-state index in [-0.39, 0.29) is 31.3 Å². The number of rotatable bonds is 9. The molecule has 15 heteroatoms. The van der Waals surface area contributed by atoms with Crippen LogP contribution in [-0.4, -0.2) is 45.2 Å². The van der Waals surface area contributed by atoms with Crippen molar-refractivity contribution in [2.45, 2.75) is 19.3 Å². The van der Waals surface area contributed by atoms with Gasteiger partial charge in [0, 0.05) is 36.7 Å². The van der Waals surface area contributed by atoms with Crippen molar-refractivity contribution < 1.29 is 27.5 Å². The second kappa shape index (κ2) is 11.3. The highest BCUT2D eigenvalue weighted by atomic mass is 19.4. The number of nitrogen functional groups attached to an aromatic ring is 1. The van der Waals surface area contributed by atoms with Gasteiger partial charge in [-0.15, -0.1) is 0 Å². The predicted octanol–water partition coefficient (Wildman–Crippen LogP) is 2.76. The second-order valence-corrected chi connectivity index (χ2v) is 8.29. The summed E-state index contributed by atoms with van der Waals surface area (Å²) in [4.78, 5) is 31.4. The van der Waals surface area contributed by atoms with Gasteiger partial charge in [-0.3, -0.25) is 10.1 Å². The number of urea groups is 1. The molecule has 0 unspecified atom stereocenters. The van der Waals surface area contributed by atoms with E-state index in [0.717, 1.165) is 23.9 Å². The number of ether oxygens (including phenoxy) is 1. The van der Waals surface area contributed by atoms with Crippen LogP contribution in [0.3, 0.4) is 0 Å². The number of benzene rings is 1. The number of aromatic nitrogens is 4. The molecule has 12 nitrogen and oxygen atoms in total. The number of fused-ring (bicyclic) bond motifs is 1. The van der Waals surface area contributed by atoms with Gasteiger partial charge in [-0.05, 0) is 29.8 Å². The Kier molecular flexibility index (Phi) is 7.92. The summed E-state index contributed by atoms with van der Waals surface area (Å²) in [6.07, 6.45) is -2.30. The van der Waals surface area contributed by atoms with Crippen LogP contribution in [-0.2, 0) is 28.9 Å². The third-order valence-corrected chi connectivity index (χ3v) is 5.60. The minimum Gasteiger partial charge on any atom is -0.382 e. The quantitative estimate of drug-likeness (QED) is 0.214. The fourth-order valence-corrected chi connectivity index (χ4v) is 3.99. The number of methoxy groups -OCH3 is 1. The van der Waals surface area contributed by atoms with Crippen LogP contribution in [0.4, 0.5) is 35.3 Å². The number of primary amides is 1. The van der Waals surface area contributed by atoms with Crippen LogP contribution in [0.1, 0.15) is 16.8 Å². The van der Waals surface area contributed by atoms with E-state index in [1.54, 1.807) is 28.8 Å². The van der Waals surface area contributed by atoms with Crippen LogP contribution >= 0.6 is 0 Å². The molecule has 0 radical (unpaired) electrons. The molecular formula is C24H24F3N9O3. The average Bonchev–Trinajstić information content (AvgIpc) is 3.18. The predicted molar refractivity (Wildman–Crippen MR) is 136 cm³/mol. The average molecular weight is 544 g/mol. The lowest BCUT2D eigenvalue weighted by atomic mass is 10.0. The first kappa shape index (κ1) is 27.3. The van der Waals surface area contributed by atoms with E-state index in [9.17, 15) is 22.8 Å². The van der Waals surface area contributed by atoms with E-state index in [4.69, 9.17) is 16.2 Å². The van der Waals surface area contributed by atoms with Crippen LogP contribution in [0, 0.1) is 0 Å². The van der Waals surface area contributed by atoms with Gasteiger partial charge < -0.3 is 26.8 Å². The topological polar surface area (TPSA) is 175 Å². The van der Waals surface area contributed by atoms with Crippen LogP contribution in [0.15, 0.2) is 48.9 Å². The largest absolute Gasteiger partial charge is 0.416 e. The third-order valence-electron chi connectivity index (χ3n) is 5.60. The molecule has 4 rings (SSSR count). The smallest absolute Gasteiger partial charge is 0.382 e. The van der Waals surface area contributed by atoms with E-state index in [1.165, 1.54) is 13.4 Å². The van der Waals surface area contributed by atoms with E-state index in [2.05, 4.69) is 31.0 Å². The molecule has 0 bridgehead atoms. The standard InChI is InChI=1S/C24H24F3N9O3/c1-39-11-16-17(9-30-10-18(28)37)36-21(22(29)32-12-33-36)20(16)13-2-4-15(5-3-13)34-23(38)35-19-8-14(6-7-31-19)24(25,26)27/h2-8,12,30H,9-11H2,1H3,(H2,28,37)(H2,29,32,33)(H2,31,34,35,38). The summed E-state index contributed by atoms with van der Waals surface area (Å²) in [5.41, 5.74) is 14.2. The van der Waals surface area contributed by atoms with Crippen molar-refractivity contribution in [2.75, 3.05) is 30.0 Å². The zero-order valence-electron chi connectivity index (χ0n) is 20.5. The number of carbonyl (C=O) groups is 2.